The molecule has 2 N–H and O–H groups in total. The smallest absolute Gasteiger partial charge is 0.0948 e. The molecule has 1 aromatic heterocycles. The van der Waals surface area contributed by atoms with E-state index in [1.54, 1.807) is 12.4 Å². The second kappa shape index (κ2) is 5.94. The van der Waals surface area contributed by atoms with E-state index in [1.165, 1.54) is 0 Å². The van der Waals surface area contributed by atoms with Gasteiger partial charge in [0.15, 0.2) is 0 Å². The largest absolute Gasteiger partial charge is 0.381 e. The van der Waals surface area contributed by atoms with Crippen LogP contribution in [-0.4, -0.2) is 31.3 Å². The maximum atomic E-state index is 5.83. The van der Waals surface area contributed by atoms with Crippen LogP contribution in [0.15, 0.2) is 24.5 Å². The van der Waals surface area contributed by atoms with Crippen molar-refractivity contribution < 1.29 is 9.47 Å². The van der Waals surface area contributed by atoms with Crippen LogP contribution in [0.25, 0.3) is 0 Å². The summed E-state index contributed by atoms with van der Waals surface area (Å²) >= 11 is 0. The van der Waals surface area contributed by atoms with Crippen LogP contribution in [0.2, 0.25) is 0 Å². The Labute approximate surface area is 95.8 Å². The van der Waals surface area contributed by atoms with Crippen molar-refractivity contribution in [3.8, 4) is 0 Å². The molecular weight excluding hydrogens is 204 g/mol. The summed E-state index contributed by atoms with van der Waals surface area (Å²) in [6, 6.07) is 3.89. The van der Waals surface area contributed by atoms with Crippen molar-refractivity contribution >= 4 is 0 Å². The Bertz CT molecular complexity index is 299. The molecule has 0 aromatic carbocycles. The molecule has 2 unspecified atom stereocenters. The van der Waals surface area contributed by atoms with E-state index in [0.29, 0.717) is 12.5 Å². The number of rotatable bonds is 5. The van der Waals surface area contributed by atoms with Gasteiger partial charge in [0, 0.05) is 31.5 Å². The molecule has 0 amide bonds. The Hall–Kier alpha value is -0.970. The summed E-state index contributed by atoms with van der Waals surface area (Å²) in [6.45, 7) is 2.89. The average Bonchev–Trinajstić information content (AvgIpc) is 2.84. The van der Waals surface area contributed by atoms with E-state index in [0.717, 1.165) is 31.8 Å². The highest BCUT2D eigenvalue weighted by Gasteiger charge is 2.18. The number of nitrogens with two attached hydrogens (primary N) is 1. The summed E-state index contributed by atoms with van der Waals surface area (Å²) in [7, 11) is 0. The van der Waals surface area contributed by atoms with Gasteiger partial charge in [0.1, 0.15) is 0 Å². The van der Waals surface area contributed by atoms with Crippen LogP contribution in [-0.2, 0) is 9.47 Å². The number of pyridine rings is 1. The topological polar surface area (TPSA) is 57.4 Å². The zero-order valence-corrected chi connectivity index (χ0v) is 9.34. The number of nitrogens with zero attached hydrogens (tertiary/aromatic N) is 1. The van der Waals surface area contributed by atoms with E-state index in [9.17, 15) is 0 Å². The molecule has 16 heavy (non-hydrogen) atoms. The lowest BCUT2D eigenvalue weighted by Gasteiger charge is -2.18. The van der Waals surface area contributed by atoms with E-state index < -0.39 is 0 Å². The maximum Gasteiger partial charge on any atom is 0.0948 e. The fourth-order valence-electron chi connectivity index (χ4n) is 1.85. The van der Waals surface area contributed by atoms with Crippen molar-refractivity contribution in [3.05, 3.63) is 30.1 Å². The monoisotopic (exact) mass is 222 g/mol. The quantitative estimate of drug-likeness (QED) is 0.811. The molecule has 4 heteroatoms. The SMILES string of the molecule is NCC(OCC1CCOC1)c1ccncc1. The van der Waals surface area contributed by atoms with Gasteiger partial charge in [-0.2, -0.15) is 0 Å². The van der Waals surface area contributed by atoms with Crippen LogP contribution in [0, 0.1) is 5.92 Å². The molecule has 0 radical (unpaired) electrons. The lowest BCUT2D eigenvalue weighted by Crippen LogP contribution is -2.19. The van der Waals surface area contributed by atoms with Crippen LogP contribution in [0.3, 0.4) is 0 Å². The molecule has 0 aliphatic carbocycles. The Morgan fingerprint density at radius 1 is 1.50 bits per heavy atom. The third-order valence-electron chi connectivity index (χ3n) is 2.85. The van der Waals surface area contributed by atoms with E-state index in [2.05, 4.69) is 4.98 Å². The molecule has 88 valence electrons. The Kier molecular flexibility index (Phi) is 4.27. The predicted molar refractivity (Wildman–Crippen MR) is 60.9 cm³/mol. The second-order valence-electron chi connectivity index (χ2n) is 4.07. The highest BCUT2D eigenvalue weighted by atomic mass is 16.5. The highest BCUT2D eigenvalue weighted by molar-refractivity contribution is 5.13. The molecule has 2 rings (SSSR count). The molecule has 0 bridgehead atoms. The first kappa shape index (κ1) is 11.5. The summed E-state index contributed by atoms with van der Waals surface area (Å²) in [6.07, 6.45) is 4.59. The standard InChI is InChI=1S/C12H18N2O2/c13-7-12(11-1-4-14-5-2-11)16-9-10-3-6-15-8-10/h1-2,4-5,10,12H,3,6-9,13H2. The van der Waals surface area contributed by atoms with E-state index in [4.69, 9.17) is 15.2 Å². The fourth-order valence-corrected chi connectivity index (χ4v) is 1.85. The molecule has 1 fully saturated rings. The van der Waals surface area contributed by atoms with Gasteiger partial charge < -0.3 is 15.2 Å². The lowest BCUT2D eigenvalue weighted by molar-refractivity contribution is 0.0301. The van der Waals surface area contributed by atoms with Crippen molar-refractivity contribution in [2.24, 2.45) is 11.7 Å². The first-order chi connectivity index (χ1) is 7.90. The van der Waals surface area contributed by atoms with Gasteiger partial charge in [-0.05, 0) is 24.1 Å². The second-order valence-corrected chi connectivity index (χ2v) is 4.07. The number of hydrogen-bond acceptors (Lipinski definition) is 4. The summed E-state index contributed by atoms with van der Waals surface area (Å²) in [4.78, 5) is 3.98. The summed E-state index contributed by atoms with van der Waals surface area (Å²) < 4.78 is 11.1. The Morgan fingerprint density at radius 2 is 2.31 bits per heavy atom. The summed E-state index contributed by atoms with van der Waals surface area (Å²) in [5.41, 5.74) is 6.81. The normalized spacial score (nSPS) is 22.2. The molecule has 2 atom stereocenters. The summed E-state index contributed by atoms with van der Waals surface area (Å²) in [5.74, 6) is 0.524. The third-order valence-corrected chi connectivity index (χ3v) is 2.85. The fraction of sp³-hybridized carbons (Fsp3) is 0.583. The third kappa shape index (κ3) is 3.01. The molecule has 0 saturated carbocycles. The Morgan fingerprint density at radius 3 is 2.94 bits per heavy atom. The molecule has 0 spiro atoms. The number of ether oxygens (including phenoxy) is 2. The van der Waals surface area contributed by atoms with Gasteiger partial charge >= 0.3 is 0 Å². The van der Waals surface area contributed by atoms with E-state index >= 15 is 0 Å². The minimum Gasteiger partial charge on any atom is -0.381 e. The molecule has 1 aliphatic rings. The molecule has 1 aliphatic heterocycles. The maximum absolute atomic E-state index is 5.83. The minimum absolute atomic E-state index is 0.0244. The van der Waals surface area contributed by atoms with Crippen LogP contribution in [0.4, 0.5) is 0 Å². The van der Waals surface area contributed by atoms with Crippen molar-refractivity contribution in [3.63, 3.8) is 0 Å². The molecule has 2 heterocycles. The van der Waals surface area contributed by atoms with Gasteiger partial charge in [-0.1, -0.05) is 0 Å². The molecule has 4 nitrogen and oxygen atoms in total. The van der Waals surface area contributed by atoms with E-state index in [1.807, 2.05) is 12.1 Å². The van der Waals surface area contributed by atoms with Gasteiger partial charge in [-0.25, -0.2) is 0 Å². The van der Waals surface area contributed by atoms with Crippen LogP contribution < -0.4 is 5.73 Å². The van der Waals surface area contributed by atoms with Gasteiger partial charge in [-0.3, -0.25) is 4.98 Å². The van der Waals surface area contributed by atoms with Crippen molar-refractivity contribution in [1.82, 2.24) is 4.98 Å². The van der Waals surface area contributed by atoms with Gasteiger partial charge in [0.05, 0.1) is 19.3 Å². The van der Waals surface area contributed by atoms with Crippen LogP contribution >= 0.6 is 0 Å². The van der Waals surface area contributed by atoms with E-state index in [-0.39, 0.29) is 6.10 Å². The Balaban J connectivity index is 1.85. The first-order valence-corrected chi connectivity index (χ1v) is 5.69. The van der Waals surface area contributed by atoms with Crippen molar-refractivity contribution in [1.29, 1.82) is 0 Å². The first-order valence-electron chi connectivity index (χ1n) is 5.69. The van der Waals surface area contributed by atoms with Crippen molar-refractivity contribution in [2.75, 3.05) is 26.4 Å². The van der Waals surface area contributed by atoms with Crippen LogP contribution in [0.1, 0.15) is 18.1 Å². The van der Waals surface area contributed by atoms with Crippen molar-refractivity contribution in [2.45, 2.75) is 12.5 Å². The number of aromatic nitrogens is 1. The van der Waals surface area contributed by atoms with Crippen LogP contribution in [0.5, 0.6) is 0 Å². The zero-order valence-electron chi connectivity index (χ0n) is 9.34. The zero-order chi connectivity index (χ0) is 11.2. The predicted octanol–water partition coefficient (Wildman–Crippen LogP) is 1.13. The highest BCUT2D eigenvalue weighted by Crippen LogP contribution is 2.19. The lowest BCUT2D eigenvalue weighted by atomic mass is 10.1. The number of hydrogen-bond donors (Lipinski definition) is 1. The minimum atomic E-state index is -0.0244. The summed E-state index contributed by atoms with van der Waals surface area (Å²) in [5, 5.41) is 0. The van der Waals surface area contributed by atoms with Gasteiger partial charge in [0.25, 0.3) is 0 Å². The molecule has 1 aromatic rings. The molecule has 1 saturated heterocycles. The van der Waals surface area contributed by atoms with Gasteiger partial charge in [0.2, 0.25) is 0 Å². The van der Waals surface area contributed by atoms with Gasteiger partial charge in [-0.15, -0.1) is 0 Å². The average molecular weight is 222 g/mol. The molecular formula is C12H18N2O2.